The lowest BCUT2D eigenvalue weighted by Crippen LogP contribution is -2.38. The van der Waals surface area contributed by atoms with E-state index in [0.29, 0.717) is 6.54 Å². The predicted molar refractivity (Wildman–Crippen MR) is 96.5 cm³/mol. The molecule has 2 rings (SSSR count). The first-order valence-corrected chi connectivity index (χ1v) is 9.02. The molecule has 0 saturated heterocycles. The van der Waals surface area contributed by atoms with Gasteiger partial charge < -0.3 is 15.2 Å². The van der Waals surface area contributed by atoms with Crippen molar-refractivity contribution in [1.82, 2.24) is 15.8 Å². The van der Waals surface area contributed by atoms with Gasteiger partial charge in [0, 0.05) is 37.0 Å². The molecule has 5 nitrogen and oxygen atoms in total. The molecule has 0 fully saturated rings. The van der Waals surface area contributed by atoms with Gasteiger partial charge in [-0.25, -0.2) is 0 Å². The Morgan fingerprint density at radius 3 is 2.74 bits per heavy atom. The Balaban J connectivity index is 1.84. The zero-order chi connectivity index (χ0) is 16.7. The van der Waals surface area contributed by atoms with Crippen LogP contribution in [0, 0.1) is 0 Å². The summed E-state index contributed by atoms with van der Waals surface area (Å²) in [6.45, 7) is 5.63. The molecule has 0 radical (unpaired) electrons. The molecule has 7 heteroatoms. The van der Waals surface area contributed by atoms with Crippen LogP contribution in [0.25, 0.3) is 0 Å². The second-order valence-electron chi connectivity index (χ2n) is 5.05. The van der Waals surface area contributed by atoms with E-state index in [2.05, 4.69) is 40.7 Å². The minimum Gasteiger partial charge on any atom is -0.361 e. The molecule has 0 saturated carbocycles. The van der Waals surface area contributed by atoms with Gasteiger partial charge in [-0.15, -0.1) is 11.3 Å². The third-order valence-corrected chi connectivity index (χ3v) is 4.85. The van der Waals surface area contributed by atoms with Gasteiger partial charge >= 0.3 is 0 Å². The first-order valence-electron chi connectivity index (χ1n) is 7.82. The summed E-state index contributed by atoms with van der Waals surface area (Å²) in [6.07, 6.45) is 2.63. The van der Waals surface area contributed by atoms with Gasteiger partial charge in [0.05, 0.1) is 10.0 Å². The largest absolute Gasteiger partial charge is 0.361 e. The van der Waals surface area contributed by atoms with Crippen LogP contribution in [0.1, 0.15) is 35.7 Å². The molecule has 0 unspecified atom stereocenters. The van der Waals surface area contributed by atoms with Gasteiger partial charge in [0.2, 0.25) is 0 Å². The maximum atomic E-state index is 5.94. The van der Waals surface area contributed by atoms with E-state index in [1.54, 1.807) is 18.4 Å². The number of aromatic nitrogens is 1. The molecule has 23 heavy (non-hydrogen) atoms. The summed E-state index contributed by atoms with van der Waals surface area (Å²) in [6, 6.07) is 3.99. The molecule has 2 aromatic heterocycles. The Bertz CT molecular complexity index is 629. The van der Waals surface area contributed by atoms with E-state index in [0.717, 1.165) is 53.1 Å². The SMILES string of the molecule is CCc1noc(CC)c1CNC(=NC)NCCc1ccc(Cl)s1. The summed E-state index contributed by atoms with van der Waals surface area (Å²) in [5, 5.41) is 10.8. The molecule has 0 spiro atoms. The Kier molecular flexibility index (Phi) is 6.92. The molecule has 0 aliphatic rings. The van der Waals surface area contributed by atoms with Crippen LogP contribution in [0.15, 0.2) is 21.6 Å². The average molecular weight is 355 g/mol. The number of hydrogen-bond acceptors (Lipinski definition) is 4. The lowest BCUT2D eigenvalue weighted by molar-refractivity contribution is 0.380. The maximum Gasteiger partial charge on any atom is 0.191 e. The molecule has 0 amide bonds. The van der Waals surface area contributed by atoms with Gasteiger partial charge in [-0.2, -0.15) is 0 Å². The van der Waals surface area contributed by atoms with E-state index in [4.69, 9.17) is 16.1 Å². The number of rotatable bonds is 7. The van der Waals surface area contributed by atoms with Gasteiger partial charge in [0.1, 0.15) is 5.76 Å². The molecule has 0 aliphatic carbocycles. The fourth-order valence-corrected chi connectivity index (χ4v) is 3.41. The number of hydrogen-bond donors (Lipinski definition) is 2. The standard InChI is InChI=1S/C16H23ClN4OS/c1-4-13-12(14(5-2)22-21-13)10-20-16(18-3)19-9-8-11-6-7-15(17)23-11/h6-7H,4-5,8-10H2,1-3H3,(H2,18,19,20). The zero-order valence-electron chi connectivity index (χ0n) is 13.8. The lowest BCUT2D eigenvalue weighted by atomic mass is 10.1. The van der Waals surface area contributed by atoms with Crippen molar-refractivity contribution in [3.05, 3.63) is 38.4 Å². The highest BCUT2D eigenvalue weighted by Crippen LogP contribution is 2.21. The number of halogens is 1. The molecule has 126 valence electrons. The minimum atomic E-state index is 0.667. The van der Waals surface area contributed by atoms with Crippen LogP contribution < -0.4 is 10.6 Å². The maximum absolute atomic E-state index is 5.94. The van der Waals surface area contributed by atoms with Crippen LogP contribution in [0.2, 0.25) is 4.34 Å². The van der Waals surface area contributed by atoms with Crippen LogP contribution in [0.5, 0.6) is 0 Å². The number of aryl methyl sites for hydroxylation is 2. The minimum absolute atomic E-state index is 0.667. The van der Waals surface area contributed by atoms with Crippen molar-refractivity contribution in [3.8, 4) is 0 Å². The summed E-state index contributed by atoms with van der Waals surface area (Å²) in [7, 11) is 1.77. The highest BCUT2D eigenvalue weighted by atomic mass is 35.5. The average Bonchev–Trinajstić information content (AvgIpc) is 3.16. The molecule has 2 N–H and O–H groups in total. The first-order chi connectivity index (χ1) is 11.2. The Labute approximate surface area is 146 Å². The Morgan fingerprint density at radius 1 is 1.30 bits per heavy atom. The Morgan fingerprint density at radius 2 is 2.13 bits per heavy atom. The van der Waals surface area contributed by atoms with Crippen LogP contribution >= 0.6 is 22.9 Å². The summed E-state index contributed by atoms with van der Waals surface area (Å²) in [5.74, 6) is 1.72. The van der Waals surface area contributed by atoms with Crippen molar-refractivity contribution >= 4 is 28.9 Å². The quantitative estimate of drug-likeness (QED) is 0.590. The van der Waals surface area contributed by atoms with Crippen molar-refractivity contribution in [2.75, 3.05) is 13.6 Å². The fourth-order valence-electron chi connectivity index (χ4n) is 2.32. The summed E-state index contributed by atoms with van der Waals surface area (Å²) in [4.78, 5) is 5.52. The zero-order valence-corrected chi connectivity index (χ0v) is 15.4. The van der Waals surface area contributed by atoms with E-state index in [1.807, 2.05) is 6.07 Å². The molecule has 0 atom stereocenters. The van der Waals surface area contributed by atoms with E-state index in [1.165, 1.54) is 4.88 Å². The number of aliphatic imine (C=N–C) groups is 1. The van der Waals surface area contributed by atoms with Crippen LogP contribution in [-0.2, 0) is 25.8 Å². The van der Waals surface area contributed by atoms with Crippen molar-refractivity contribution in [1.29, 1.82) is 0 Å². The van der Waals surface area contributed by atoms with Crippen molar-refractivity contribution in [3.63, 3.8) is 0 Å². The molecule has 2 aromatic rings. The first kappa shape index (κ1) is 17.8. The van der Waals surface area contributed by atoms with Crippen molar-refractivity contribution in [2.24, 2.45) is 4.99 Å². The smallest absolute Gasteiger partial charge is 0.191 e. The molecule has 0 bridgehead atoms. The summed E-state index contributed by atoms with van der Waals surface area (Å²) >= 11 is 7.55. The second-order valence-corrected chi connectivity index (χ2v) is 6.85. The van der Waals surface area contributed by atoms with Crippen LogP contribution in [0.4, 0.5) is 0 Å². The van der Waals surface area contributed by atoms with Gasteiger partial charge in [0.25, 0.3) is 0 Å². The van der Waals surface area contributed by atoms with Gasteiger partial charge in [-0.3, -0.25) is 4.99 Å². The van der Waals surface area contributed by atoms with Crippen LogP contribution in [-0.4, -0.2) is 24.7 Å². The third-order valence-electron chi connectivity index (χ3n) is 3.56. The predicted octanol–water partition coefficient (Wildman–Crippen LogP) is 3.42. The topological polar surface area (TPSA) is 62.5 Å². The fraction of sp³-hybridized carbons (Fsp3) is 0.500. The van der Waals surface area contributed by atoms with Crippen LogP contribution in [0.3, 0.4) is 0 Å². The van der Waals surface area contributed by atoms with Gasteiger partial charge in [0.15, 0.2) is 5.96 Å². The monoisotopic (exact) mass is 354 g/mol. The molecular formula is C16H23ClN4OS. The van der Waals surface area contributed by atoms with E-state index < -0.39 is 0 Å². The number of nitrogens with zero attached hydrogens (tertiary/aromatic N) is 2. The van der Waals surface area contributed by atoms with E-state index >= 15 is 0 Å². The highest BCUT2D eigenvalue weighted by Gasteiger charge is 2.13. The second kappa shape index (κ2) is 8.93. The highest BCUT2D eigenvalue weighted by molar-refractivity contribution is 7.16. The van der Waals surface area contributed by atoms with Gasteiger partial charge in [-0.05, 0) is 25.0 Å². The van der Waals surface area contributed by atoms with Crippen molar-refractivity contribution in [2.45, 2.75) is 39.7 Å². The van der Waals surface area contributed by atoms with E-state index in [9.17, 15) is 0 Å². The van der Waals surface area contributed by atoms with Crippen molar-refractivity contribution < 1.29 is 4.52 Å². The summed E-state index contributed by atoms with van der Waals surface area (Å²) < 4.78 is 6.21. The van der Waals surface area contributed by atoms with E-state index in [-0.39, 0.29) is 0 Å². The third kappa shape index (κ3) is 4.97. The normalized spacial score (nSPS) is 11.7. The van der Waals surface area contributed by atoms with Gasteiger partial charge in [-0.1, -0.05) is 30.6 Å². The Hall–Kier alpha value is -1.53. The number of nitrogens with one attached hydrogen (secondary N) is 2. The molecule has 0 aliphatic heterocycles. The summed E-state index contributed by atoms with van der Waals surface area (Å²) in [5.41, 5.74) is 2.15. The lowest BCUT2D eigenvalue weighted by Gasteiger charge is -2.11. The molecule has 2 heterocycles. The molecular weight excluding hydrogens is 332 g/mol. The number of thiophene rings is 1. The number of guanidine groups is 1. The molecule has 0 aromatic carbocycles.